The van der Waals surface area contributed by atoms with E-state index in [0.717, 1.165) is 6.42 Å². The molecule has 2 aliphatic rings. The van der Waals surface area contributed by atoms with Crippen molar-refractivity contribution in [3.8, 4) is 5.88 Å². The first-order valence-corrected chi connectivity index (χ1v) is 8.11. The van der Waals surface area contributed by atoms with Gasteiger partial charge in [0.25, 0.3) is 5.91 Å². The molecule has 25 heavy (non-hydrogen) atoms. The number of rotatable bonds is 4. The fourth-order valence-electron chi connectivity index (χ4n) is 3.37. The number of carbonyl (C=O) groups excluding carboxylic acids is 1. The van der Waals surface area contributed by atoms with E-state index in [0.29, 0.717) is 31.9 Å². The molecule has 0 radical (unpaired) electrons. The molecule has 0 bridgehead atoms. The Bertz CT molecular complexity index is 767. The molecule has 130 valence electrons. The van der Waals surface area contributed by atoms with E-state index in [1.165, 1.54) is 30.7 Å². The molecule has 0 saturated carbocycles. The molecule has 0 aliphatic carbocycles. The lowest BCUT2D eigenvalue weighted by Gasteiger charge is -2.50. The van der Waals surface area contributed by atoms with Crippen LogP contribution < -0.4 is 4.74 Å². The third-order valence-electron chi connectivity index (χ3n) is 4.78. The predicted octanol–water partition coefficient (Wildman–Crippen LogP) is 1.32. The second kappa shape index (κ2) is 6.36. The summed E-state index contributed by atoms with van der Waals surface area (Å²) in [5.74, 6) is -0.481. The Morgan fingerprint density at radius 3 is 3.00 bits per heavy atom. The van der Waals surface area contributed by atoms with E-state index in [4.69, 9.17) is 9.47 Å². The van der Waals surface area contributed by atoms with E-state index in [1.54, 1.807) is 11.0 Å². The first-order valence-electron chi connectivity index (χ1n) is 8.11. The van der Waals surface area contributed by atoms with Crippen molar-refractivity contribution in [2.24, 2.45) is 5.92 Å². The van der Waals surface area contributed by atoms with Gasteiger partial charge in [0.2, 0.25) is 5.88 Å². The van der Waals surface area contributed by atoms with E-state index in [-0.39, 0.29) is 17.7 Å². The maximum atomic E-state index is 13.6. The summed E-state index contributed by atoms with van der Waals surface area (Å²) in [5.41, 5.74) is 0.0904. The highest BCUT2D eigenvalue weighted by atomic mass is 19.1. The van der Waals surface area contributed by atoms with Gasteiger partial charge in [-0.25, -0.2) is 9.37 Å². The van der Waals surface area contributed by atoms with Crippen LogP contribution in [0.25, 0.3) is 0 Å². The molecule has 0 unspecified atom stereocenters. The van der Waals surface area contributed by atoms with Crippen molar-refractivity contribution in [1.29, 1.82) is 0 Å². The fourth-order valence-corrected chi connectivity index (χ4v) is 3.37. The van der Waals surface area contributed by atoms with Gasteiger partial charge in [-0.3, -0.25) is 4.79 Å². The molecule has 4 rings (SSSR count). The number of amides is 1. The van der Waals surface area contributed by atoms with Crippen LogP contribution in [0.15, 0.2) is 36.8 Å². The standard InChI is InChI=1S/C17H17FN4O3/c18-14-2-1-5-19-15(14)24-9-13-4-7-25-17(13)10-22(11-17)16(23)12-3-6-20-21-8-12/h1-3,5-6,8,13H,4,7,9-11H2/t13-/m0/s1. The van der Waals surface area contributed by atoms with Gasteiger partial charge in [0.15, 0.2) is 5.82 Å². The first kappa shape index (κ1) is 15.9. The molecule has 2 aliphatic heterocycles. The third-order valence-corrected chi connectivity index (χ3v) is 4.78. The molecular weight excluding hydrogens is 327 g/mol. The lowest BCUT2D eigenvalue weighted by molar-refractivity contribution is -0.122. The van der Waals surface area contributed by atoms with Crippen LogP contribution in [0.4, 0.5) is 4.39 Å². The minimum atomic E-state index is -0.480. The molecule has 8 heteroatoms. The van der Waals surface area contributed by atoms with Crippen molar-refractivity contribution < 1.29 is 18.7 Å². The SMILES string of the molecule is O=C(c1ccnnc1)N1CC2(C1)OCC[C@H]2COc1ncccc1F. The van der Waals surface area contributed by atoms with Gasteiger partial charge >= 0.3 is 0 Å². The summed E-state index contributed by atoms with van der Waals surface area (Å²) in [6.45, 7) is 1.91. The van der Waals surface area contributed by atoms with E-state index < -0.39 is 11.4 Å². The number of hydrogen-bond donors (Lipinski definition) is 0. The van der Waals surface area contributed by atoms with Crippen molar-refractivity contribution in [3.05, 3.63) is 48.2 Å². The largest absolute Gasteiger partial charge is 0.475 e. The number of hydrogen-bond acceptors (Lipinski definition) is 6. The quantitative estimate of drug-likeness (QED) is 0.833. The van der Waals surface area contributed by atoms with Crippen LogP contribution >= 0.6 is 0 Å². The van der Waals surface area contributed by atoms with Gasteiger partial charge in [-0.1, -0.05) is 0 Å². The maximum Gasteiger partial charge on any atom is 0.255 e. The van der Waals surface area contributed by atoms with Gasteiger partial charge in [0.1, 0.15) is 5.60 Å². The zero-order chi connectivity index (χ0) is 17.3. The van der Waals surface area contributed by atoms with Crippen molar-refractivity contribution >= 4 is 5.91 Å². The van der Waals surface area contributed by atoms with Crippen LogP contribution in [0, 0.1) is 11.7 Å². The second-order valence-electron chi connectivity index (χ2n) is 6.29. The van der Waals surface area contributed by atoms with E-state index >= 15 is 0 Å². The number of ether oxygens (including phenoxy) is 2. The lowest BCUT2D eigenvalue weighted by Crippen LogP contribution is -2.66. The summed E-state index contributed by atoms with van der Waals surface area (Å²) in [7, 11) is 0. The molecule has 4 heterocycles. The molecule has 2 aromatic rings. The van der Waals surface area contributed by atoms with Gasteiger partial charge < -0.3 is 14.4 Å². The number of likely N-dealkylation sites (tertiary alicyclic amines) is 1. The number of pyridine rings is 1. The molecule has 2 saturated heterocycles. The van der Waals surface area contributed by atoms with Crippen molar-refractivity contribution in [1.82, 2.24) is 20.1 Å². The lowest BCUT2D eigenvalue weighted by atomic mass is 9.81. The Balaban J connectivity index is 1.38. The van der Waals surface area contributed by atoms with Crippen LogP contribution in [0.1, 0.15) is 16.8 Å². The third kappa shape index (κ3) is 2.93. The van der Waals surface area contributed by atoms with E-state index in [9.17, 15) is 9.18 Å². The minimum absolute atomic E-state index is 0.000309. The van der Waals surface area contributed by atoms with Gasteiger partial charge in [0, 0.05) is 18.7 Å². The minimum Gasteiger partial charge on any atom is -0.475 e. The average Bonchev–Trinajstić information content (AvgIpc) is 3.04. The van der Waals surface area contributed by atoms with Crippen LogP contribution in [-0.2, 0) is 4.74 Å². The molecule has 2 fully saturated rings. The number of aromatic nitrogens is 3. The number of halogens is 1. The van der Waals surface area contributed by atoms with Gasteiger partial charge in [-0.2, -0.15) is 10.2 Å². The highest BCUT2D eigenvalue weighted by molar-refractivity contribution is 5.94. The normalized spacial score (nSPS) is 21.2. The first-order chi connectivity index (χ1) is 12.2. The van der Waals surface area contributed by atoms with Gasteiger partial charge in [-0.15, -0.1) is 0 Å². The Morgan fingerprint density at radius 2 is 2.24 bits per heavy atom. The Kier molecular flexibility index (Phi) is 4.04. The van der Waals surface area contributed by atoms with Crippen molar-refractivity contribution in [2.45, 2.75) is 12.0 Å². The average molecular weight is 344 g/mol. The Morgan fingerprint density at radius 1 is 1.36 bits per heavy atom. The van der Waals surface area contributed by atoms with Gasteiger partial charge in [0.05, 0.1) is 37.7 Å². The van der Waals surface area contributed by atoms with E-state index in [2.05, 4.69) is 15.2 Å². The number of carbonyl (C=O) groups is 1. The van der Waals surface area contributed by atoms with Crippen molar-refractivity contribution in [2.75, 3.05) is 26.3 Å². The predicted molar refractivity (Wildman–Crippen MR) is 84.4 cm³/mol. The summed E-state index contributed by atoms with van der Waals surface area (Å²) < 4.78 is 25.1. The highest BCUT2D eigenvalue weighted by Crippen LogP contribution is 2.40. The van der Waals surface area contributed by atoms with Crippen LogP contribution in [0.5, 0.6) is 5.88 Å². The van der Waals surface area contributed by atoms with Crippen molar-refractivity contribution in [3.63, 3.8) is 0 Å². The Labute approximate surface area is 143 Å². The van der Waals surface area contributed by atoms with Crippen LogP contribution in [-0.4, -0.2) is 57.9 Å². The topological polar surface area (TPSA) is 77.4 Å². The highest BCUT2D eigenvalue weighted by Gasteiger charge is 2.54. The van der Waals surface area contributed by atoms with Crippen LogP contribution in [0.2, 0.25) is 0 Å². The zero-order valence-corrected chi connectivity index (χ0v) is 13.5. The molecule has 1 amide bonds. The second-order valence-corrected chi connectivity index (χ2v) is 6.29. The summed E-state index contributed by atoms with van der Waals surface area (Å²) in [4.78, 5) is 18.0. The summed E-state index contributed by atoms with van der Waals surface area (Å²) in [6.07, 6.45) is 5.25. The van der Waals surface area contributed by atoms with Crippen LogP contribution in [0.3, 0.4) is 0 Å². The molecule has 1 spiro atoms. The monoisotopic (exact) mass is 344 g/mol. The van der Waals surface area contributed by atoms with Gasteiger partial charge in [-0.05, 0) is 24.6 Å². The molecule has 0 N–H and O–H groups in total. The molecule has 2 aromatic heterocycles. The molecule has 1 atom stereocenters. The summed E-state index contributed by atoms with van der Waals surface area (Å²) in [5, 5.41) is 7.41. The summed E-state index contributed by atoms with van der Waals surface area (Å²) >= 11 is 0. The van der Waals surface area contributed by atoms with E-state index in [1.807, 2.05) is 0 Å². The zero-order valence-electron chi connectivity index (χ0n) is 13.5. The Hall–Kier alpha value is -2.61. The molecular formula is C17H17FN4O3. The maximum absolute atomic E-state index is 13.6. The molecule has 0 aromatic carbocycles. The number of nitrogens with zero attached hydrogens (tertiary/aromatic N) is 4. The molecule has 7 nitrogen and oxygen atoms in total. The fraction of sp³-hybridized carbons (Fsp3) is 0.412. The summed E-state index contributed by atoms with van der Waals surface area (Å²) in [6, 6.07) is 4.47. The smallest absolute Gasteiger partial charge is 0.255 e.